The first-order valence-corrected chi connectivity index (χ1v) is 11.8. The first-order valence-electron chi connectivity index (χ1n) is 11.8. The highest BCUT2D eigenvalue weighted by molar-refractivity contribution is 5.90. The number of rotatable bonds is 9. The molecule has 1 fully saturated rings. The molecule has 3 aromatic rings. The third-order valence-electron chi connectivity index (χ3n) is 5.73. The molecule has 1 aliphatic rings. The molecule has 0 aliphatic carbocycles. The SMILES string of the molecule is C=C/N=C\C(C)=C(/C)c1cccc(Nc2ccc(/C=N/Nc3ncc(F)c(N4CCOCC4)n3)nc2)c1. The topological polar surface area (TPSA) is 99.9 Å². The van der Waals surface area contributed by atoms with E-state index >= 15 is 0 Å². The number of ether oxygens (including phenoxy) is 1. The van der Waals surface area contributed by atoms with Gasteiger partial charge in [0.2, 0.25) is 5.95 Å². The van der Waals surface area contributed by atoms with E-state index in [9.17, 15) is 4.39 Å². The van der Waals surface area contributed by atoms with Gasteiger partial charge in [0.05, 0.1) is 43.2 Å². The normalized spacial score (nSPS) is 14.6. The molecule has 37 heavy (non-hydrogen) atoms. The lowest BCUT2D eigenvalue weighted by atomic mass is 10.0. The lowest BCUT2D eigenvalue weighted by Crippen LogP contribution is -2.37. The number of allylic oxidation sites excluding steroid dienone is 2. The number of pyridine rings is 1. The molecular weight excluding hydrogens is 471 g/mol. The van der Waals surface area contributed by atoms with Gasteiger partial charge in [-0.15, -0.1) is 0 Å². The standard InChI is InChI=1S/C27H29FN8O/c1-4-29-15-19(2)20(3)21-6-5-7-22(14-21)33-24-9-8-23(30-16-24)17-32-35-27-31-18-25(28)26(34-27)36-10-12-37-13-11-36/h4-9,14-18,33H,1,10-13H2,2-3H3,(H,31,34,35)/b20-19+,29-15-,32-17+. The molecular formula is C27H29FN8O. The molecule has 10 heteroatoms. The maximum Gasteiger partial charge on any atom is 0.245 e. The minimum Gasteiger partial charge on any atom is -0.378 e. The molecule has 0 amide bonds. The molecule has 9 nitrogen and oxygen atoms in total. The largest absolute Gasteiger partial charge is 0.378 e. The number of morpholine rings is 1. The highest BCUT2D eigenvalue weighted by Crippen LogP contribution is 2.23. The number of aromatic nitrogens is 3. The summed E-state index contributed by atoms with van der Waals surface area (Å²) in [6, 6.07) is 11.9. The van der Waals surface area contributed by atoms with Gasteiger partial charge in [-0.25, -0.2) is 14.8 Å². The van der Waals surface area contributed by atoms with Gasteiger partial charge in [0.1, 0.15) is 0 Å². The van der Waals surface area contributed by atoms with Crippen molar-refractivity contribution in [2.75, 3.05) is 41.9 Å². The van der Waals surface area contributed by atoms with Gasteiger partial charge in [0.15, 0.2) is 11.6 Å². The number of anilines is 4. The van der Waals surface area contributed by atoms with Crippen molar-refractivity contribution in [2.24, 2.45) is 10.1 Å². The maximum atomic E-state index is 14.2. The van der Waals surface area contributed by atoms with E-state index in [1.807, 2.05) is 36.1 Å². The van der Waals surface area contributed by atoms with Crippen LogP contribution in [0.1, 0.15) is 25.1 Å². The van der Waals surface area contributed by atoms with Gasteiger partial charge in [-0.3, -0.25) is 9.98 Å². The Morgan fingerprint density at radius 3 is 2.70 bits per heavy atom. The zero-order valence-electron chi connectivity index (χ0n) is 20.9. The molecule has 1 saturated heterocycles. The molecule has 0 bridgehead atoms. The summed E-state index contributed by atoms with van der Waals surface area (Å²) >= 11 is 0. The third kappa shape index (κ3) is 7.05. The van der Waals surface area contributed by atoms with E-state index in [-0.39, 0.29) is 11.8 Å². The minimum absolute atomic E-state index is 0.202. The molecule has 1 aliphatic heterocycles. The van der Waals surface area contributed by atoms with Crippen molar-refractivity contribution in [3.63, 3.8) is 0 Å². The number of nitrogens with zero attached hydrogens (tertiary/aromatic N) is 6. The summed E-state index contributed by atoms with van der Waals surface area (Å²) in [5.41, 5.74) is 8.46. The second-order valence-electron chi connectivity index (χ2n) is 8.28. The molecule has 2 aromatic heterocycles. The van der Waals surface area contributed by atoms with Crippen LogP contribution in [0, 0.1) is 5.82 Å². The summed E-state index contributed by atoms with van der Waals surface area (Å²) < 4.78 is 19.5. The quantitative estimate of drug-likeness (QED) is 0.313. The number of nitrogens with one attached hydrogen (secondary N) is 2. The van der Waals surface area contributed by atoms with Crippen LogP contribution in [0.25, 0.3) is 5.57 Å². The van der Waals surface area contributed by atoms with E-state index in [1.165, 1.54) is 6.20 Å². The van der Waals surface area contributed by atoms with Gasteiger partial charge < -0.3 is 15.0 Å². The lowest BCUT2D eigenvalue weighted by Gasteiger charge is -2.27. The summed E-state index contributed by atoms with van der Waals surface area (Å²) in [5, 5.41) is 7.51. The fraction of sp³-hybridized carbons (Fsp3) is 0.222. The van der Waals surface area contributed by atoms with Crippen LogP contribution in [0.4, 0.5) is 27.5 Å². The van der Waals surface area contributed by atoms with E-state index in [1.54, 1.807) is 18.6 Å². The summed E-state index contributed by atoms with van der Waals surface area (Å²) in [6.07, 6.45) is 7.73. The van der Waals surface area contributed by atoms with Crippen LogP contribution in [0.2, 0.25) is 0 Å². The smallest absolute Gasteiger partial charge is 0.245 e. The zero-order valence-corrected chi connectivity index (χ0v) is 20.9. The number of benzene rings is 1. The van der Waals surface area contributed by atoms with Crippen molar-refractivity contribution in [1.29, 1.82) is 0 Å². The van der Waals surface area contributed by atoms with Gasteiger partial charge in [0, 0.05) is 31.2 Å². The average molecular weight is 501 g/mol. The van der Waals surface area contributed by atoms with Crippen molar-refractivity contribution >= 4 is 41.1 Å². The minimum atomic E-state index is -0.477. The Bertz CT molecular complexity index is 1310. The Morgan fingerprint density at radius 2 is 1.95 bits per heavy atom. The average Bonchev–Trinajstić information content (AvgIpc) is 2.94. The van der Waals surface area contributed by atoms with Crippen LogP contribution < -0.4 is 15.6 Å². The van der Waals surface area contributed by atoms with Crippen LogP contribution in [0.3, 0.4) is 0 Å². The van der Waals surface area contributed by atoms with Crippen molar-refractivity contribution in [1.82, 2.24) is 15.0 Å². The first kappa shape index (κ1) is 25.6. The van der Waals surface area contributed by atoms with E-state index in [0.717, 1.165) is 34.3 Å². The van der Waals surface area contributed by atoms with Gasteiger partial charge >= 0.3 is 0 Å². The number of hydrazone groups is 1. The van der Waals surface area contributed by atoms with Crippen LogP contribution in [0.15, 0.2) is 77.2 Å². The Kier molecular flexibility index (Phi) is 8.66. The highest BCUT2D eigenvalue weighted by Gasteiger charge is 2.17. The summed E-state index contributed by atoms with van der Waals surface area (Å²) in [5.74, 6) is -0.0402. The van der Waals surface area contributed by atoms with Crippen molar-refractivity contribution in [3.8, 4) is 0 Å². The zero-order chi connectivity index (χ0) is 26.0. The Balaban J connectivity index is 1.37. The van der Waals surface area contributed by atoms with E-state index < -0.39 is 5.82 Å². The molecule has 190 valence electrons. The molecule has 0 radical (unpaired) electrons. The van der Waals surface area contributed by atoms with E-state index in [0.29, 0.717) is 32.0 Å². The van der Waals surface area contributed by atoms with Gasteiger partial charge in [-0.1, -0.05) is 18.7 Å². The number of halogens is 1. The molecule has 4 rings (SSSR count). The summed E-state index contributed by atoms with van der Waals surface area (Å²) in [4.78, 5) is 18.5. The summed E-state index contributed by atoms with van der Waals surface area (Å²) in [6.45, 7) is 9.92. The van der Waals surface area contributed by atoms with Crippen LogP contribution in [-0.2, 0) is 4.74 Å². The number of hydrogen-bond donors (Lipinski definition) is 2. The van der Waals surface area contributed by atoms with Gasteiger partial charge in [-0.2, -0.15) is 10.1 Å². The molecule has 3 heterocycles. The second kappa shape index (κ2) is 12.5. The van der Waals surface area contributed by atoms with E-state index in [4.69, 9.17) is 4.74 Å². The third-order valence-corrected chi connectivity index (χ3v) is 5.73. The molecule has 0 saturated carbocycles. The Hall–Kier alpha value is -4.44. The highest BCUT2D eigenvalue weighted by atomic mass is 19.1. The van der Waals surface area contributed by atoms with Crippen LogP contribution in [-0.4, -0.2) is 53.7 Å². The van der Waals surface area contributed by atoms with Crippen LogP contribution in [0.5, 0.6) is 0 Å². The second-order valence-corrected chi connectivity index (χ2v) is 8.28. The Morgan fingerprint density at radius 1 is 1.11 bits per heavy atom. The van der Waals surface area contributed by atoms with Crippen LogP contribution >= 0.6 is 0 Å². The predicted octanol–water partition coefficient (Wildman–Crippen LogP) is 5.04. The summed E-state index contributed by atoms with van der Waals surface area (Å²) in [7, 11) is 0. The van der Waals surface area contributed by atoms with Gasteiger partial charge in [0.25, 0.3) is 0 Å². The number of hydrogen-bond acceptors (Lipinski definition) is 9. The van der Waals surface area contributed by atoms with Crippen molar-refractivity contribution < 1.29 is 9.13 Å². The molecule has 0 atom stereocenters. The lowest BCUT2D eigenvalue weighted by molar-refractivity contribution is 0.122. The van der Waals surface area contributed by atoms with Gasteiger partial charge in [-0.05, 0) is 54.8 Å². The number of aliphatic imine (C=N–C) groups is 1. The first-order chi connectivity index (χ1) is 18.0. The molecule has 1 aromatic carbocycles. The Labute approximate surface area is 215 Å². The maximum absolute atomic E-state index is 14.2. The molecule has 0 unspecified atom stereocenters. The molecule has 0 spiro atoms. The molecule has 2 N–H and O–H groups in total. The van der Waals surface area contributed by atoms with Crippen molar-refractivity contribution in [3.05, 3.63) is 84.2 Å². The van der Waals surface area contributed by atoms with E-state index in [2.05, 4.69) is 61.4 Å². The monoisotopic (exact) mass is 500 g/mol. The van der Waals surface area contributed by atoms with Crippen molar-refractivity contribution in [2.45, 2.75) is 13.8 Å². The fourth-order valence-electron chi connectivity index (χ4n) is 3.61. The predicted molar refractivity (Wildman–Crippen MR) is 147 cm³/mol. The fourth-order valence-corrected chi connectivity index (χ4v) is 3.61.